The van der Waals surface area contributed by atoms with Gasteiger partial charge < -0.3 is 19.4 Å². The maximum Gasteiger partial charge on any atom is 0.387 e. The van der Waals surface area contributed by atoms with E-state index in [0.29, 0.717) is 27.1 Å². The number of halogens is 2. The van der Waals surface area contributed by atoms with Gasteiger partial charge in [0.05, 0.1) is 18.4 Å². The molecule has 3 rings (SSSR count). The third kappa shape index (κ3) is 5.25. The van der Waals surface area contributed by atoms with E-state index in [1.165, 1.54) is 42.3 Å². The van der Waals surface area contributed by atoms with Crippen molar-refractivity contribution in [1.29, 1.82) is 0 Å². The molecule has 0 unspecified atom stereocenters. The number of nitrogens with one attached hydrogen (secondary N) is 1. The van der Waals surface area contributed by atoms with Crippen molar-refractivity contribution in [1.82, 2.24) is 14.8 Å². The number of carbonyl (C=O) groups excluding carboxylic acids is 2. The summed E-state index contributed by atoms with van der Waals surface area (Å²) in [5.74, 6) is -0.210. The summed E-state index contributed by atoms with van der Waals surface area (Å²) < 4.78 is 35.4. The Hall–Kier alpha value is -2.99. The van der Waals surface area contributed by atoms with Gasteiger partial charge in [0.2, 0.25) is 5.91 Å². The first-order valence-electron chi connectivity index (χ1n) is 9.26. The molecule has 0 saturated carbocycles. The number of rotatable bonds is 8. The normalized spacial score (nSPS) is 11.0. The van der Waals surface area contributed by atoms with E-state index in [1.54, 1.807) is 30.7 Å². The highest BCUT2D eigenvalue weighted by molar-refractivity contribution is 7.99. The Balaban J connectivity index is 1.66. The van der Waals surface area contributed by atoms with Crippen LogP contribution in [0.15, 0.2) is 29.4 Å². The van der Waals surface area contributed by atoms with Crippen LogP contribution < -0.4 is 10.1 Å². The predicted octanol–water partition coefficient (Wildman–Crippen LogP) is 4.28. The molecule has 0 spiro atoms. The van der Waals surface area contributed by atoms with Crippen molar-refractivity contribution in [2.24, 2.45) is 7.05 Å². The second-order valence-corrected chi connectivity index (χ2v) is 8.75. The average Bonchev–Trinajstić information content (AvgIpc) is 3.25. The van der Waals surface area contributed by atoms with E-state index in [1.807, 2.05) is 6.92 Å². The molecule has 8 nitrogen and oxygen atoms in total. The summed E-state index contributed by atoms with van der Waals surface area (Å²) in [5.41, 5.74) is 1.78. The minimum absolute atomic E-state index is 0.0440. The summed E-state index contributed by atoms with van der Waals surface area (Å²) in [5, 5.41) is 11.9. The van der Waals surface area contributed by atoms with Gasteiger partial charge in [-0.15, -0.1) is 21.5 Å². The van der Waals surface area contributed by atoms with Crippen LogP contribution in [0, 0.1) is 13.8 Å². The van der Waals surface area contributed by atoms with E-state index < -0.39 is 12.6 Å². The Morgan fingerprint density at radius 2 is 1.91 bits per heavy atom. The van der Waals surface area contributed by atoms with Gasteiger partial charge >= 0.3 is 12.6 Å². The molecule has 2 aromatic heterocycles. The number of esters is 1. The maximum absolute atomic E-state index is 12.5. The first-order valence-corrected chi connectivity index (χ1v) is 11.1. The fraction of sp³-hybridized carbons (Fsp3) is 0.300. The number of thiophene rings is 1. The van der Waals surface area contributed by atoms with Crippen molar-refractivity contribution in [3.05, 3.63) is 40.3 Å². The number of aryl methyl sites for hydroxylation is 1. The molecule has 0 fully saturated rings. The number of hydrogen-bond donors (Lipinski definition) is 1. The number of carbonyl (C=O) groups is 2. The molecule has 0 aliphatic heterocycles. The largest absolute Gasteiger partial charge is 0.465 e. The van der Waals surface area contributed by atoms with Gasteiger partial charge in [-0.2, -0.15) is 8.78 Å². The van der Waals surface area contributed by atoms with E-state index in [-0.39, 0.29) is 17.4 Å². The number of hydrogen-bond acceptors (Lipinski definition) is 8. The number of benzene rings is 1. The van der Waals surface area contributed by atoms with Gasteiger partial charge in [-0.3, -0.25) is 4.79 Å². The summed E-state index contributed by atoms with van der Waals surface area (Å²) >= 11 is 2.49. The topological polar surface area (TPSA) is 95.3 Å². The number of thioether (sulfide) groups is 1. The minimum atomic E-state index is -2.89. The zero-order chi connectivity index (χ0) is 23.4. The molecule has 1 N–H and O–H groups in total. The monoisotopic (exact) mass is 482 g/mol. The minimum Gasteiger partial charge on any atom is -0.465 e. The molecule has 170 valence electrons. The average molecular weight is 483 g/mol. The van der Waals surface area contributed by atoms with Crippen LogP contribution in [0.3, 0.4) is 0 Å². The lowest BCUT2D eigenvalue weighted by Crippen LogP contribution is -2.16. The van der Waals surface area contributed by atoms with Crippen LogP contribution in [-0.2, 0) is 16.6 Å². The van der Waals surface area contributed by atoms with Crippen LogP contribution in [0.2, 0.25) is 0 Å². The summed E-state index contributed by atoms with van der Waals surface area (Å²) in [6.07, 6.45) is 0. The number of aromatic nitrogens is 3. The van der Waals surface area contributed by atoms with Crippen molar-refractivity contribution >= 4 is 40.0 Å². The lowest BCUT2D eigenvalue weighted by atomic mass is 10.1. The number of anilines is 1. The second-order valence-electron chi connectivity index (χ2n) is 6.58. The smallest absolute Gasteiger partial charge is 0.387 e. The van der Waals surface area contributed by atoms with E-state index in [9.17, 15) is 18.4 Å². The zero-order valence-electron chi connectivity index (χ0n) is 17.6. The Morgan fingerprint density at radius 3 is 2.53 bits per heavy atom. The van der Waals surface area contributed by atoms with Gasteiger partial charge in [0.1, 0.15) is 10.8 Å². The van der Waals surface area contributed by atoms with Crippen molar-refractivity contribution in [2.45, 2.75) is 25.6 Å². The van der Waals surface area contributed by atoms with E-state index in [4.69, 9.17) is 4.74 Å². The molecule has 0 aliphatic rings. The van der Waals surface area contributed by atoms with Crippen molar-refractivity contribution in [2.75, 3.05) is 18.2 Å². The Kier molecular flexibility index (Phi) is 7.46. The van der Waals surface area contributed by atoms with Crippen LogP contribution in [0.1, 0.15) is 20.8 Å². The third-order valence-corrected chi connectivity index (χ3v) is 6.68. The first-order chi connectivity index (χ1) is 15.2. The number of methoxy groups -OCH3 is 1. The van der Waals surface area contributed by atoms with Gasteiger partial charge in [0.15, 0.2) is 11.0 Å². The summed E-state index contributed by atoms with van der Waals surface area (Å²) in [7, 11) is 3.03. The van der Waals surface area contributed by atoms with Crippen molar-refractivity contribution in [3.8, 4) is 17.1 Å². The summed E-state index contributed by atoms with van der Waals surface area (Å²) in [6, 6.07) is 6.03. The third-order valence-electron chi connectivity index (χ3n) is 4.53. The number of ether oxygens (including phenoxy) is 2. The molecule has 12 heteroatoms. The molecule has 0 radical (unpaired) electrons. The molecule has 1 aromatic carbocycles. The van der Waals surface area contributed by atoms with E-state index >= 15 is 0 Å². The van der Waals surface area contributed by atoms with Gasteiger partial charge in [-0.1, -0.05) is 11.8 Å². The van der Waals surface area contributed by atoms with Crippen molar-refractivity contribution < 1.29 is 27.8 Å². The Morgan fingerprint density at radius 1 is 1.22 bits per heavy atom. The highest BCUT2D eigenvalue weighted by Gasteiger charge is 2.22. The molecule has 32 heavy (non-hydrogen) atoms. The van der Waals surface area contributed by atoms with Gasteiger partial charge in [0, 0.05) is 17.5 Å². The molecule has 0 bridgehead atoms. The summed E-state index contributed by atoms with van der Waals surface area (Å²) in [6.45, 7) is 0.773. The van der Waals surface area contributed by atoms with Crippen LogP contribution in [0.5, 0.6) is 5.75 Å². The lowest BCUT2D eigenvalue weighted by Gasteiger charge is -2.07. The van der Waals surface area contributed by atoms with Crippen LogP contribution >= 0.6 is 23.1 Å². The fourth-order valence-corrected chi connectivity index (χ4v) is 4.61. The predicted molar refractivity (Wildman–Crippen MR) is 118 cm³/mol. The molecule has 1 amide bonds. The lowest BCUT2D eigenvalue weighted by molar-refractivity contribution is -0.113. The number of alkyl halides is 2. The Bertz CT molecular complexity index is 1130. The maximum atomic E-state index is 12.5. The second kappa shape index (κ2) is 10.1. The van der Waals surface area contributed by atoms with E-state index in [2.05, 4.69) is 20.3 Å². The first kappa shape index (κ1) is 23.7. The molecule has 3 aromatic rings. The molecular formula is C20H20F2N4O4S2. The molecule has 2 heterocycles. The van der Waals surface area contributed by atoms with Crippen LogP contribution in [0.4, 0.5) is 13.8 Å². The highest BCUT2D eigenvalue weighted by Crippen LogP contribution is 2.33. The van der Waals surface area contributed by atoms with Crippen LogP contribution in [0.25, 0.3) is 11.4 Å². The molecular weight excluding hydrogens is 462 g/mol. The van der Waals surface area contributed by atoms with Crippen molar-refractivity contribution in [3.63, 3.8) is 0 Å². The highest BCUT2D eigenvalue weighted by atomic mass is 32.2. The molecule has 0 atom stereocenters. The number of amides is 1. The fourth-order valence-electron chi connectivity index (χ4n) is 2.83. The van der Waals surface area contributed by atoms with Gasteiger partial charge in [-0.05, 0) is 43.7 Å². The Labute approximate surface area is 190 Å². The quantitative estimate of drug-likeness (QED) is 0.378. The van der Waals surface area contributed by atoms with E-state index in [0.717, 1.165) is 10.4 Å². The SMILES string of the molecule is COC(=O)c1c(NC(=O)CSc2nnc(-c3ccc(OC(F)F)cc3)n2C)sc(C)c1C. The molecule has 0 aliphatic carbocycles. The molecule has 0 saturated heterocycles. The van der Waals surface area contributed by atoms with Crippen LogP contribution in [-0.4, -0.2) is 46.1 Å². The standard InChI is InChI=1S/C20H20F2N4O4S2/c1-10-11(2)32-17(15(10)18(28)29-4)23-14(27)9-31-20-25-24-16(26(20)3)12-5-7-13(8-6-12)30-19(21)22/h5-8,19H,9H2,1-4H3,(H,23,27). The summed E-state index contributed by atoms with van der Waals surface area (Å²) in [4.78, 5) is 25.4. The zero-order valence-corrected chi connectivity index (χ0v) is 19.3. The number of nitrogens with zero attached hydrogens (tertiary/aromatic N) is 3. The van der Waals surface area contributed by atoms with Gasteiger partial charge in [-0.25, -0.2) is 4.79 Å². The van der Waals surface area contributed by atoms with Gasteiger partial charge in [0.25, 0.3) is 0 Å².